The van der Waals surface area contributed by atoms with Crippen molar-refractivity contribution in [3.63, 3.8) is 0 Å². The van der Waals surface area contributed by atoms with Gasteiger partial charge in [0.2, 0.25) is 0 Å². The van der Waals surface area contributed by atoms with Crippen LogP contribution in [0.1, 0.15) is 30.9 Å². The van der Waals surface area contributed by atoms with Gasteiger partial charge in [-0.05, 0) is 41.4 Å². The lowest BCUT2D eigenvalue weighted by Crippen LogP contribution is -2.27. The summed E-state index contributed by atoms with van der Waals surface area (Å²) in [5.74, 6) is -2.11. The molecule has 1 saturated heterocycles. The zero-order valence-electron chi connectivity index (χ0n) is 8.56. The first-order valence-electron chi connectivity index (χ1n) is 5.21. The molecule has 1 atom stereocenters. The molecule has 0 bridgehead atoms. The summed E-state index contributed by atoms with van der Waals surface area (Å²) in [7, 11) is 0. The fourth-order valence-electron chi connectivity index (χ4n) is 2.02. The van der Waals surface area contributed by atoms with E-state index in [0.29, 0.717) is 6.42 Å². The van der Waals surface area contributed by atoms with E-state index in [4.69, 9.17) is 0 Å². The third-order valence-corrected chi connectivity index (χ3v) is 3.44. The van der Waals surface area contributed by atoms with Crippen molar-refractivity contribution in [2.24, 2.45) is 0 Å². The minimum Gasteiger partial charge on any atom is -0.506 e. The molecule has 2 rings (SSSR count). The number of hydrogen-bond donors (Lipinski definition) is 2. The summed E-state index contributed by atoms with van der Waals surface area (Å²) >= 11 is 3.01. The van der Waals surface area contributed by atoms with E-state index in [0.717, 1.165) is 25.5 Å². The lowest BCUT2D eigenvalue weighted by Gasteiger charge is -2.25. The Hall–Kier alpha value is -0.680. The molecule has 0 amide bonds. The third kappa shape index (κ3) is 2.06. The second-order valence-corrected chi connectivity index (χ2v) is 4.77. The quantitative estimate of drug-likeness (QED) is 0.779. The number of nitrogens with one attached hydrogen (secondary N) is 1. The minimum absolute atomic E-state index is 0.0339. The SMILES string of the molecule is Oc1c(Br)cc(F)c(F)c1[C@H]1CCCCN1. The van der Waals surface area contributed by atoms with E-state index in [1.54, 1.807) is 0 Å². The summed E-state index contributed by atoms with van der Waals surface area (Å²) in [5, 5.41) is 12.8. The molecule has 0 unspecified atom stereocenters. The van der Waals surface area contributed by atoms with Crippen LogP contribution in [0.15, 0.2) is 10.5 Å². The zero-order chi connectivity index (χ0) is 11.7. The van der Waals surface area contributed by atoms with Crippen LogP contribution in [0.25, 0.3) is 0 Å². The van der Waals surface area contributed by atoms with E-state index in [1.807, 2.05) is 0 Å². The summed E-state index contributed by atoms with van der Waals surface area (Å²) in [6.07, 6.45) is 2.68. The molecule has 5 heteroatoms. The van der Waals surface area contributed by atoms with E-state index in [-0.39, 0.29) is 21.8 Å². The van der Waals surface area contributed by atoms with Gasteiger partial charge in [0.05, 0.1) is 10.0 Å². The van der Waals surface area contributed by atoms with Crippen LogP contribution in [-0.4, -0.2) is 11.7 Å². The van der Waals surface area contributed by atoms with Crippen LogP contribution in [0.3, 0.4) is 0 Å². The van der Waals surface area contributed by atoms with E-state index < -0.39 is 11.6 Å². The van der Waals surface area contributed by atoms with Crippen molar-refractivity contribution in [1.82, 2.24) is 5.32 Å². The van der Waals surface area contributed by atoms with E-state index in [2.05, 4.69) is 21.2 Å². The number of phenolic OH excluding ortho intramolecular Hbond substituents is 1. The summed E-state index contributed by atoms with van der Waals surface area (Å²) in [6.45, 7) is 0.762. The standard InChI is InChI=1S/C11H12BrF2NO/c12-6-5-7(13)10(14)9(11(6)16)8-3-1-2-4-15-8/h5,8,15-16H,1-4H2/t8-/m1/s1. The third-order valence-electron chi connectivity index (χ3n) is 2.84. The van der Waals surface area contributed by atoms with Crippen molar-refractivity contribution in [3.8, 4) is 5.75 Å². The summed E-state index contributed by atoms with van der Waals surface area (Å²) < 4.78 is 27.1. The normalized spacial score (nSPS) is 21.1. The lowest BCUT2D eigenvalue weighted by molar-refractivity contribution is 0.366. The Morgan fingerprint density at radius 2 is 2.12 bits per heavy atom. The first-order valence-corrected chi connectivity index (χ1v) is 6.00. The van der Waals surface area contributed by atoms with Crippen LogP contribution in [0, 0.1) is 11.6 Å². The molecule has 0 aromatic heterocycles. The Kier molecular flexibility index (Phi) is 3.44. The van der Waals surface area contributed by atoms with Crippen molar-refractivity contribution < 1.29 is 13.9 Å². The van der Waals surface area contributed by atoms with Crippen LogP contribution in [0.5, 0.6) is 5.75 Å². The fraction of sp³-hybridized carbons (Fsp3) is 0.455. The topological polar surface area (TPSA) is 32.3 Å². The Morgan fingerprint density at radius 3 is 2.75 bits per heavy atom. The Morgan fingerprint density at radius 1 is 1.38 bits per heavy atom. The smallest absolute Gasteiger partial charge is 0.167 e. The number of phenols is 1. The van der Waals surface area contributed by atoms with E-state index >= 15 is 0 Å². The maximum absolute atomic E-state index is 13.6. The van der Waals surface area contributed by atoms with Crippen LogP contribution in [0.2, 0.25) is 0 Å². The highest BCUT2D eigenvalue weighted by Gasteiger charge is 2.25. The van der Waals surface area contributed by atoms with Crippen LogP contribution in [-0.2, 0) is 0 Å². The molecule has 1 aromatic rings. The molecule has 0 aliphatic carbocycles. The average Bonchev–Trinajstić information content (AvgIpc) is 2.28. The summed E-state index contributed by atoms with van der Waals surface area (Å²) in [4.78, 5) is 0. The van der Waals surface area contributed by atoms with Crippen molar-refractivity contribution in [2.45, 2.75) is 25.3 Å². The van der Waals surface area contributed by atoms with Gasteiger partial charge >= 0.3 is 0 Å². The van der Waals surface area contributed by atoms with Crippen molar-refractivity contribution in [3.05, 3.63) is 27.7 Å². The zero-order valence-corrected chi connectivity index (χ0v) is 10.2. The molecule has 88 valence electrons. The summed E-state index contributed by atoms with van der Waals surface area (Å²) in [6, 6.07) is 0.637. The molecular weight excluding hydrogens is 280 g/mol. The number of halogens is 3. The highest BCUT2D eigenvalue weighted by molar-refractivity contribution is 9.10. The van der Waals surface area contributed by atoms with Gasteiger partial charge in [-0.3, -0.25) is 0 Å². The molecule has 0 saturated carbocycles. The van der Waals surface area contributed by atoms with Gasteiger partial charge in [0.1, 0.15) is 5.75 Å². The second-order valence-electron chi connectivity index (χ2n) is 3.92. The van der Waals surface area contributed by atoms with Crippen molar-refractivity contribution in [1.29, 1.82) is 0 Å². The van der Waals surface area contributed by atoms with Crippen LogP contribution >= 0.6 is 15.9 Å². The van der Waals surface area contributed by atoms with Gasteiger partial charge < -0.3 is 10.4 Å². The molecule has 2 nitrogen and oxygen atoms in total. The van der Waals surface area contributed by atoms with E-state index in [9.17, 15) is 13.9 Å². The van der Waals surface area contributed by atoms with Gasteiger partial charge in [-0.15, -0.1) is 0 Å². The molecule has 0 spiro atoms. The van der Waals surface area contributed by atoms with Crippen molar-refractivity contribution in [2.75, 3.05) is 6.54 Å². The first-order chi connectivity index (χ1) is 7.61. The molecule has 1 aliphatic heterocycles. The minimum atomic E-state index is -0.958. The molecule has 16 heavy (non-hydrogen) atoms. The Bertz CT molecular complexity index is 379. The second kappa shape index (κ2) is 4.67. The van der Waals surface area contributed by atoms with Crippen molar-refractivity contribution >= 4 is 15.9 Å². The van der Waals surface area contributed by atoms with E-state index in [1.165, 1.54) is 0 Å². The van der Waals surface area contributed by atoms with Gasteiger partial charge in [0, 0.05) is 6.04 Å². The molecule has 0 radical (unpaired) electrons. The average molecular weight is 292 g/mol. The Labute approximate surface area is 101 Å². The first kappa shape index (κ1) is 11.8. The lowest BCUT2D eigenvalue weighted by atomic mass is 9.96. The number of aromatic hydroxyl groups is 1. The molecular formula is C11H12BrF2NO. The van der Waals surface area contributed by atoms with Gasteiger partial charge in [0.15, 0.2) is 11.6 Å². The molecule has 2 N–H and O–H groups in total. The number of piperidine rings is 1. The van der Waals surface area contributed by atoms with Gasteiger partial charge in [-0.1, -0.05) is 6.42 Å². The van der Waals surface area contributed by atoms with Crippen LogP contribution < -0.4 is 5.32 Å². The predicted molar refractivity (Wildman–Crippen MR) is 60.3 cm³/mol. The van der Waals surface area contributed by atoms with Crippen LogP contribution in [0.4, 0.5) is 8.78 Å². The molecule has 1 aromatic carbocycles. The van der Waals surface area contributed by atoms with Gasteiger partial charge in [-0.2, -0.15) is 0 Å². The number of hydrogen-bond acceptors (Lipinski definition) is 2. The molecule has 1 heterocycles. The fourth-order valence-corrected chi connectivity index (χ4v) is 2.44. The highest BCUT2D eigenvalue weighted by atomic mass is 79.9. The predicted octanol–water partition coefficient (Wildman–Crippen LogP) is 3.25. The van der Waals surface area contributed by atoms with Gasteiger partial charge in [-0.25, -0.2) is 8.78 Å². The maximum atomic E-state index is 13.6. The number of rotatable bonds is 1. The monoisotopic (exact) mass is 291 g/mol. The largest absolute Gasteiger partial charge is 0.506 e. The van der Waals surface area contributed by atoms with Gasteiger partial charge in [0.25, 0.3) is 0 Å². The summed E-state index contributed by atoms with van der Waals surface area (Å²) in [5.41, 5.74) is 0.0339. The highest BCUT2D eigenvalue weighted by Crippen LogP contribution is 2.38. The molecule has 1 fully saturated rings. The molecule has 1 aliphatic rings. The maximum Gasteiger partial charge on any atom is 0.167 e. The number of benzene rings is 1. The Balaban J connectivity index is 2.45.